The molecule has 0 atom stereocenters. The van der Waals surface area contributed by atoms with Crippen LogP contribution in [0.25, 0.3) is 11.4 Å². The van der Waals surface area contributed by atoms with Gasteiger partial charge in [0.2, 0.25) is 6.79 Å². The maximum absolute atomic E-state index is 5.40. The lowest BCUT2D eigenvalue weighted by atomic mass is 10.2. The van der Waals surface area contributed by atoms with Gasteiger partial charge < -0.3 is 14.8 Å². The molecule has 1 aromatic heterocycles. The molecular formula is C15H17N3O2. The molecule has 0 saturated heterocycles. The SMILES string of the molecule is CCNc1cc(CC)nc(-c2ccc3c(c2)OCO3)n1. The zero-order chi connectivity index (χ0) is 13.9. The highest BCUT2D eigenvalue weighted by Gasteiger charge is 2.15. The molecule has 0 radical (unpaired) electrons. The maximum atomic E-state index is 5.40. The Kier molecular flexibility index (Phi) is 3.41. The summed E-state index contributed by atoms with van der Waals surface area (Å²) < 4.78 is 10.7. The second kappa shape index (κ2) is 5.36. The normalized spacial score (nSPS) is 12.5. The molecule has 1 aromatic carbocycles. The third-order valence-corrected chi connectivity index (χ3v) is 3.13. The van der Waals surface area contributed by atoms with E-state index in [1.807, 2.05) is 31.2 Å². The predicted octanol–water partition coefficient (Wildman–Crippen LogP) is 2.87. The van der Waals surface area contributed by atoms with Crippen molar-refractivity contribution in [3.63, 3.8) is 0 Å². The number of nitrogens with zero attached hydrogens (tertiary/aromatic N) is 2. The van der Waals surface area contributed by atoms with Gasteiger partial charge in [0.05, 0.1) is 0 Å². The van der Waals surface area contributed by atoms with E-state index in [-0.39, 0.29) is 6.79 Å². The fourth-order valence-corrected chi connectivity index (χ4v) is 2.12. The second-order valence-electron chi connectivity index (χ2n) is 4.52. The number of aryl methyl sites for hydroxylation is 1. The minimum atomic E-state index is 0.275. The van der Waals surface area contributed by atoms with Crippen molar-refractivity contribution in [3.8, 4) is 22.9 Å². The van der Waals surface area contributed by atoms with Crippen LogP contribution in [0, 0.1) is 0 Å². The zero-order valence-electron chi connectivity index (χ0n) is 11.6. The van der Waals surface area contributed by atoms with Gasteiger partial charge in [-0.2, -0.15) is 0 Å². The van der Waals surface area contributed by atoms with Gasteiger partial charge in [0.15, 0.2) is 17.3 Å². The molecule has 1 N–H and O–H groups in total. The first-order chi connectivity index (χ1) is 9.80. The highest BCUT2D eigenvalue weighted by atomic mass is 16.7. The van der Waals surface area contributed by atoms with Crippen LogP contribution in [0.5, 0.6) is 11.5 Å². The molecule has 0 fully saturated rings. The Morgan fingerprint density at radius 2 is 1.95 bits per heavy atom. The number of benzene rings is 1. The molecule has 0 aliphatic carbocycles. The maximum Gasteiger partial charge on any atom is 0.231 e. The summed E-state index contributed by atoms with van der Waals surface area (Å²) in [6, 6.07) is 7.76. The van der Waals surface area contributed by atoms with Crippen LogP contribution in [0.2, 0.25) is 0 Å². The van der Waals surface area contributed by atoms with Crippen molar-refractivity contribution in [2.24, 2.45) is 0 Å². The van der Waals surface area contributed by atoms with Gasteiger partial charge in [0, 0.05) is 23.9 Å². The first-order valence-electron chi connectivity index (χ1n) is 6.82. The van der Waals surface area contributed by atoms with Crippen LogP contribution in [0.3, 0.4) is 0 Å². The van der Waals surface area contributed by atoms with Gasteiger partial charge in [0.25, 0.3) is 0 Å². The Hall–Kier alpha value is -2.30. The number of anilines is 1. The average molecular weight is 271 g/mol. The van der Waals surface area contributed by atoms with E-state index in [1.54, 1.807) is 0 Å². The van der Waals surface area contributed by atoms with E-state index in [9.17, 15) is 0 Å². The lowest BCUT2D eigenvalue weighted by molar-refractivity contribution is 0.174. The Labute approximate surface area is 118 Å². The molecule has 0 bridgehead atoms. The summed E-state index contributed by atoms with van der Waals surface area (Å²) in [5, 5.41) is 3.24. The number of hydrogen-bond donors (Lipinski definition) is 1. The summed E-state index contributed by atoms with van der Waals surface area (Å²) in [5.74, 6) is 3.08. The summed E-state index contributed by atoms with van der Waals surface area (Å²) in [7, 11) is 0. The molecule has 0 unspecified atom stereocenters. The molecular weight excluding hydrogens is 254 g/mol. The minimum absolute atomic E-state index is 0.275. The summed E-state index contributed by atoms with van der Waals surface area (Å²) in [6.45, 7) is 5.24. The van der Waals surface area contributed by atoms with Crippen LogP contribution in [0.1, 0.15) is 19.5 Å². The highest BCUT2D eigenvalue weighted by molar-refractivity contribution is 5.63. The molecule has 2 aromatic rings. The Morgan fingerprint density at radius 1 is 1.10 bits per heavy atom. The topological polar surface area (TPSA) is 56.3 Å². The summed E-state index contributed by atoms with van der Waals surface area (Å²) in [6.07, 6.45) is 0.873. The molecule has 5 heteroatoms. The molecule has 3 rings (SSSR count). The van der Waals surface area contributed by atoms with Crippen LogP contribution in [-0.2, 0) is 6.42 Å². The Balaban J connectivity index is 2.02. The fraction of sp³-hybridized carbons (Fsp3) is 0.333. The smallest absolute Gasteiger partial charge is 0.231 e. The number of fused-ring (bicyclic) bond motifs is 1. The summed E-state index contributed by atoms with van der Waals surface area (Å²) >= 11 is 0. The Morgan fingerprint density at radius 3 is 2.75 bits per heavy atom. The monoisotopic (exact) mass is 271 g/mol. The molecule has 1 aliphatic rings. The van der Waals surface area contributed by atoms with Gasteiger partial charge >= 0.3 is 0 Å². The minimum Gasteiger partial charge on any atom is -0.454 e. The van der Waals surface area contributed by atoms with E-state index in [0.29, 0.717) is 5.82 Å². The lowest BCUT2D eigenvalue weighted by Gasteiger charge is -2.08. The van der Waals surface area contributed by atoms with Gasteiger partial charge in [-0.15, -0.1) is 0 Å². The van der Waals surface area contributed by atoms with Crippen LogP contribution in [-0.4, -0.2) is 23.3 Å². The van der Waals surface area contributed by atoms with Gasteiger partial charge in [0.1, 0.15) is 5.82 Å². The quantitative estimate of drug-likeness (QED) is 0.926. The fourth-order valence-electron chi connectivity index (χ4n) is 2.12. The van der Waals surface area contributed by atoms with E-state index in [1.165, 1.54) is 0 Å². The first-order valence-corrected chi connectivity index (χ1v) is 6.82. The number of aromatic nitrogens is 2. The predicted molar refractivity (Wildman–Crippen MR) is 77.1 cm³/mol. The molecule has 0 spiro atoms. The van der Waals surface area contributed by atoms with Gasteiger partial charge in [-0.05, 0) is 31.5 Å². The van der Waals surface area contributed by atoms with Crippen molar-refractivity contribution in [3.05, 3.63) is 30.0 Å². The molecule has 5 nitrogen and oxygen atoms in total. The molecule has 0 saturated carbocycles. The first kappa shape index (κ1) is 12.7. The van der Waals surface area contributed by atoms with Gasteiger partial charge in [-0.1, -0.05) is 6.92 Å². The largest absolute Gasteiger partial charge is 0.454 e. The lowest BCUT2D eigenvalue weighted by Crippen LogP contribution is -2.03. The van der Waals surface area contributed by atoms with E-state index in [2.05, 4.69) is 22.2 Å². The van der Waals surface area contributed by atoms with Crippen LogP contribution in [0.15, 0.2) is 24.3 Å². The molecule has 1 aliphatic heterocycles. The average Bonchev–Trinajstić information content (AvgIpc) is 2.94. The number of hydrogen-bond acceptors (Lipinski definition) is 5. The number of ether oxygens (including phenoxy) is 2. The molecule has 20 heavy (non-hydrogen) atoms. The van der Waals surface area contributed by atoms with Crippen molar-refractivity contribution >= 4 is 5.82 Å². The van der Waals surface area contributed by atoms with E-state index in [4.69, 9.17) is 9.47 Å². The Bertz CT molecular complexity index is 629. The van der Waals surface area contributed by atoms with Crippen LogP contribution >= 0.6 is 0 Å². The van der Waals surface area contributed by atoms with Crippen molar-refractivity contribution in [1.29, 1.82) is 0 Å². The third-order valence-electron chi connectivity index (χ3n) is 3.13. The van der Waals surface area contributed by atoms with Crippen molar-refractivity contribution in [2.45, 2.75) is 20.3 Å². The highest BCUT2D eigenvalue weighted by Crippen LogP contribution is 2.35. The zero-order valence-corrected chi connectivity index (χ0v) is 11.6. The molecule has 0 amide bonds. The van der Waals surface area contributed by atoms with Crippen molar-refractivity contribution < 1.29 is 9.47 Å². The van der Waals surface area contributed by atoms with Crippen molar-refractivity contribution in [2.75, 3.05) is 18.7 Å². The number of nitrogens with one attached hydrogen (secondary N) is 1. The van der Waals surface area contributed by atoms with E-state index in [0.717, 1.165) is 41.5 Å². The van der Waals surface area contributed by atoms with Crippen LogP contribution < -0.4 is 14.8 Å². The molecule has 104 valence electrons. The van der Waals surface area contributed by atoms with Crippen molar-refractivity contribution in [1.82, 2.24) is 9.97 Å². The third kappa shape index (κ3) is 2.39. The molecule has 2 heterocycles. The summed E-state index contributed by atoms with van der Waals surface area (Å²) in [5.41, 5.74) is 1.95. The van der Waals surface area contributed by atoms with E-state index >= 15 is 0 Å². The van der Waals surface area contributed by atoms with Gasteiger partial charge in [-0.25, -0.2) is 9.97 Å². The van der Waals surface area contributed by atoms with Gasteiger partial charge in [-0.3, -0.25) is 0 Å². The summed E-state index contributed by atoms with van der Waals surface area (Å²) in [4.78, 5) is 9.13. The van der Waals surface area contributed by atoms with Crippen LogP contribution in [0.4, 0.5) is 5.82 Å². The standard InChI is InChI=1S/C15H17N3O2/c1-3-11-8-14(16-4-2)18-15(17-11)10-5-6-12-13(7-10)20-9-19-12/h5-8H,3-4,9H2,1-2H3,(H,16,17,18). The van der Waals surface area contributed by atoms with E-state index < -0.39 is 0 Å². The second-order valence-corrected chi connectivity index (χ2v) is 4.52. The number of rotatable bonds is 4.